The Morgan fingerprint density at radius 1 is 1.36 bits per heavy atom. The number of nitrogens with one attached hydrogen (secondary N) is 1. The first-order valence-electron chi connectivity index (χ1n) is 5.32. The van der Waals surface area contributed by atoms with Gasteiger partial charge in [-0.3, -0.25) is 0 Å². The number of hydrogen-bond acceptors (Lipinski definition) is 3. The molecule has 0 aromatic heterocycles. The van der Waals surface area contributed by atoms with Gasteiger partial charge in [0.05, 0.1) is 6.61 Å². The number of aliphatic hydroxyl groups excluding tert-OH is 1. The lowest BCUT2D eigenvalue weighted by Gasteiger charge is -2.34. The molecule has 2 N–H and O–H groups in total. The average molecular weight is 203 g/mol. The van der Waals surface area contributed by atoms with Gasteiger partial charge in [-0.25, -0.2) is 0 Å². The molecular weight excluding hydrogens is 178 g/mol. The number of methoxy groups -OCH3 is 1. The number of hydrogen-bond donors (Lipinski definition) is 2. The molecule has 0 heterocycles. The Hall–Kier alpha value is -0.120. The van der Waals surface area contributed by atoms with Gasteiger partial charge in [0.25, 0.3) is 0 Å². The van der Waals surface area contributed by atoms with E-state index in [1.165, 1.54) is 0 Å². The molecule has 0 bridgehead atoms. The Kier molecular flexibility index (Phi) is 6.33. The summed E-state index contributed by atoms with van der Waals surface area (Å²) in [6, 6.07) is 0.432. The van der Waals surface area contributed by atoms with E-state index in [9.17, 15) is 0 Å². The normalized spacial score (nSPS) is 18.2. The van der Waals surface area contributed by atoms with Gasteiger partial charge in [0.1, 0.15) is 0 Å². The molecule has 14 heavy (non-hydrogen) atoms. The molecule has 0 saturated carbocycles. The molecule has 0 aliphatic carbocycles. The van der Waals surface area contributed by atoms with Gasteiger partial charge in [0, 0.05) is 25.3 Å². The average Bonchev–Trinajstić information content (AvgIpc) is 2.04. The van der Waals surface area contributed by atoms with Crippen molar-refractivity contribution in [2.45, 2.75) is 45.7 Å². The van der Waals surface area contributed by atoms with Crippen molar-refractivity contribution in [2.24, 2.45) is 5.92 Å². The highest BCUT2D eigenvalue weighted by Gasteiger charge is 2.26. The molecule has 2 unspecified atom stereocenters. The van der Waals surface area contributed by atoms with Crippen molar-refractivity contribution in [2.75, 3.05) is 20.3 Å². The molecule has 0 aliphatic rings. The molecule has 0 rings (SSSR count). The predicted molar refractivity (Wildman–Crippen MR) is 59.4 cm³/mol. The molecule has 0 aromatic rings. The molecule has 0 saturated heterocycles. The fraction of sp³-hybridized carbons (Fsp3) is 1.00. The fourth-order valence-corrected chi connectivity index (χ4v) is 1.47. The van der Waals surface area contributed by atoms with Crippen LogP contribution in [0.5, 0.6) is 0 Å². The molecule has 0 amide bonds. The van der Waals surface area contributed by atoms with Crippen LogP contribution in [0.15, 0.2) is 0 Å². The van der Waals surface area contributed by atoms with Gasteiger partial charge < -0.3 is 15.2 Å². The molecule has 2 atom stereocenters. The van der Waals surface area contributed by atoms with E-state index in [0.717, 1.165) is 6.42 Å². The van der Waals surface area contributed by atoms with Crippen LogP contribution in [0.3, 0.4) is 0 Å². The van der Waals surface area contributed by atoms with Crippen molar-refractivity contribution >= 4 is 0 Å². The predicted octanol–water partition coefficient (Wildman–Crippen LogP) is 1.41. The zero-order valence-corrected chi connectivity index (χ0v) is 10.1. The van der Waals surface area contributed by atoms with Gasteiger partial charge >= 0.3 is 0 Å². The van der Waals surface area contributed by atoms with Crippen molar-refractivity contribution in [3.8, 4) is 0 Å². The smallest absolute Gasteiger partial charge is 0.0642 e. The Labute approximate surface area is 87.8 Å². The van der Waals surface area contributed by atoms with Crippen LogP contribution in [0.25, 0.3) is 0 Å². The van der Waals surface area contributed by atoms with Crippen molar-refractivity contribution < 1.29 is 9.84 Å². The second kappa shape index (κ2) is 6.38. The van der Waals surface area contributed by atoms with Crippen molar-refractivity contribution in [1.29, 1.82) is 0 Å². The van der Waals surface area contributed by atoms with Crippen LogP contribution < -0.4 is 5.32 Å². The maximum absolute atomic E-state index is 8.98. The van der Waals surface area contributed by atoms with Gasteiger partial charge in [-0.2, -0.15) is 0 Å². The van der Waals surface area contributed by atoms with E-state index in [4.69, 9.17) is 9.84 Å². The summed E-state index contributed by atoms with van der Waals surface area (Å²) >= 11 is 0. The second-order valence-corrected chi connectivity index (χ2v) is 4.64. The molecular formula is C11H25NO2. The topological polar surface area (TPSA) is 41.5 Å². The Morgan fingerprint density at radius 2 is 1.93 bits per heavy atom. The maximum atomic E-state index is 8.98. The van der Waals surface area contributed by atoms with Crippen LogP contribution in [-0.2, 0) is 4.74 Å². The van der Waals surface area contributed by atoms with E-state index in [1.54, 1.807) is 7.11 Å². The van der Waals surface area contributed by atoms with Gasteiger partial charge in [-0.1, -0.05) is 13.8 Å². The maximum Gasteiger partial charge on any atom is 0.0642 e. The Morgan fingerprint density at radius 3 is 2.29 bits per heavy atom. The molecule has 3 nitrogen and oxygen atoms in total. The summed E-state index contributed by atoms with van der Waals surface area (Å²) in [5.41, 5.74) is -0.118. The van der Waals surface area contributed by atoms with E-state index in [1.807, 2.05) is 0 Å². The first-order valence-corrected chi connectivity index (χ1v) is 5.32. The standard InChI is InChI=1S/C11H25NO2/c1-9(2)10(3)12-11(4,6-7-13)8-14-5/h9-10,12-13H,6-8H2,1-5H3. The minimum absolute atomic E-state index is 0.118. The SMILES string of the molecule is COCC(C)(CCO)NC(C)C(C)C. The first-order chi connectivity index (χ1) is 6.45. The Balaban J connectivity index is 4.20. The van der Waals surface area contributed by atoms with Crippen LogP contribution in [0.1, 0.15) is 34.1 Å². The number of rotatable bonds is 7. The summed E-state index contributed by atoms with van der Waals surface area (Å²) in [5.74, 6) is 0.588. The number of aliphatic hydroxyl groups is 1. The summed E-state index contributed by atoms with van der Waals surface area (Å²) < 4.78 is 5.17. The van der Waals surface area contributed by atoms with Crippen LogP contribution in [0.4, 0.5) is 0 Å². The third-order valence-electron chi connectivity index (χ3n) is 2.70. The molecule has 0 radical (unpaired) electrons. The summed E-state index contributed by atoms with van der Waals surface area (Å²) in [4.78, 5) is 0. The zero-order valence-electron chi connectivity index (χ0n) is 10.1. The Bertz CT molecular complexity index is 142. The lowest BCUT2D eigenvalue weighted by atomic mass is 9.95. The summed E-state index contributed by atoms with van der Waals surface area (Å²) in [5, 5.41) is 12.5. The summed E-state index contributed by atoms with van der Waals surface area (Å²) in [6.45, 7) is 9.44. The van der Waals surface area contributed by atoms with Gasteiger partial charge in [0.2, 0.25) is 0 Å². The summed E-state index contributed by atoms with van der Waals surface area (Å²) in [7, 11) is 1.69. The molecule has 0 aliphatic heterocycles. The third-order valence-corrected chi connectivity index (χ3v) is 2.70. The molecule has 86 valence electrons. The van der Waals surface area contributed by atoms with Crippen LogP contribution in [-0.4, -0.2) is 37.0 Å². The van der Waals surface area contributed by atoms with E-state index < -0.39 is 0 Å². The second-order valence-electron chi connectivity index (χ2n) is 4.64. The highest BCUT2D eigenvalue weighted by atomic mass is 16.5. The van der Waals surface area contributed by atoms with Crippen LogP contribution in [0.2, 0.25) is 0 Å². The van der Waals surface area contributed by atoms with Crippen molar-refractivity contribution in [3.05, 3.63) is 0 Å². The first kappa shape index (κ1) is 13.9. The minimum Gasteiger partial charge on any atom is -0.396 e. The van der Waals surface area contributed by atoms with Gasteiger partial charge in [-0.15, -0.1) is 0 Å². The molecule has 0 spiro atoms. The number of ether oxygens (including phenoxy) is 1. The van der Waals surface area contributed by atoms with E-state index in [2.05, 4.69) is 33.0 Å². The van der Waals surface area contributed by atoms with Crippen molar-refractivity contribution in [1.82, 2.24) is 5.32 Å². The highest BCUT2D eigenvalue weighted by Crippen LogP contribution is 2.13. The van der Waals surface area contributed by atoms with E-state index in [0.29, 0.717) is 18.6 Å². The van der Waals surface area contributed by atoms with Crippen LogP contribution >= 0.6 is 0 Å². The van der Waals surface area contributed by atoms with Gasteiger partial charge in [0.15, 0.2) is 0 Å². The van der Waals surface area contributed by atoms with Gasteiger partial charge in [-0.05, 0) is 26.2 Å². The highest BCUT2D eigenvalue weighted by molar-refractivity contribution is 4.86. The van der Waals surface area contributed by atoms with E-state index in [-0.39, 0.29) is 12.1 Å². The zero-order chi connectivity index (χ0) is 11.2. The summed E-state index contributed by atoms with van der Waals surface area (Å²) in [6.07, 6.45) is 0.720. The monoisotopic (exact) mass is 203 g/mol. The van der Waals surface area contributed by atoms with E-state index >= 15 is 0 Å². The van der Waals surface area contributed by atoms with Crippen molar-refractivity contribution in [3.63, 3.8) is 0 Å². The third kappa shape index (κ3) is 4.94. The molecule has 0 fully saturated rings. The largest absolute Gasteiger partial charge is 0.396 e. The quantitative estimate of drug-likeness (QED) is 0.657. The minimum atomic E-state index is -0.118. The lowest BCUT2D eigenvalue weighted by molar-refractivity contribution is 0.0867. The van der Waals surface area contributed by atoms with Crippen LogP contribution in [0, 0.1) is 5.92 Å². The lowest BCUT2D eigenvalue weighted by Crippen LogP contribution is -2.52. The fourth-order valence-electron chi connectivity index (χ4n) is 1.47. The molecule has 3 heteroatoms. The molecule has 0 aromatic carbocycles.